The van der Waals surface area contributed by atoms with Gasteiger partial charge in [-0.25, -0.2) is 0 Å². The molecule has 1 aromatic carbocycles. The molecule has 0 bridgehead atoms. The number of carbonyl (C=O) groups is 5. The van der Waals surface area contributed by atoms with Crippen molar-refractivity contribution in [2.75, 3.05) is 0 Å². The molecule has 3 rings (SSSR count). The van der Waals surface area contributed by atoms with Gasteiger partial charge in [0, 0.05) is 31.6 Å². The Bertz CT molecular complexity index is 834. The summed E-state index contributed by atoms with van der Waals surface area (Å²) in [7, 11) is 0. The summed E-state index contributed by atoms with van der Waals surface area (Å²) >= 11 is 0. The van der Waals surface area contributed by atoms with Crippen LogP contribution in [0.4, 0.5) is 0 Å². The molecule has 0 aliphatic heterocycles. The highest BCUT2D eigenvalue weighted by Crippen LogP contribution is 2.47. The molecule has 0 atom stereocenters. The van der Waals surface area contributed by atoms with Crippen LogP contribution in [-0.2, 0) is 19.2 Å². The maximum Gasteiger partial charge on any atom is 0.144 e. The van der Waals surface area contributed by atoms with Crippen LogP contribution in [0.2, 0.25) is 0 Å². The zero-order chi connectivity index (χ0) is 22.4. The second-order valence-corrected chi connectivity index (χ2v) is 10.3. The summed E-state index contributed by atoms with van der Waals surface area (Å²) in [6, 6.07) is 5.61. The standard InChI is InChI=1S/C24H28O6/c1-23(2)9-15(25)20(16(26)10-23)19(13-5-7-14(8-6-13)22(29)30)21-17(27)11-24(3,4)12-18(21)28/h5-8,19-21H,9-12H2,1-4H3,(H,29,30)/p-1. The van der Waals surface area contributed by atoms with Gasteiger partial charge in [-0.15, -0.1) is 0 Å². The van der Waals surface area contributed by atoms with Crippen molar-refractivity contribution in [2.45, 2.75) is 59.3 Å². The van der Waals surface area contributed by atoms with Crippen molar-refractivity contribution in [1.82, 2.24) is 0 Å². The average molecular weight is 411 g/mol. The van der Waals surface area contributed by atoms with E-state index >= 15 is 0 Å². The van der Waals surface area contributed by atoms with Crippen LogP contribution in [0.5, 0.6) is 0 Å². The second-order valence-electron chi connectivity index (χ2n) is 10.3. The molecule has 1 aromatic rings. The molecular weight excluding hydrogens is 384 g/mol. The van der Waals surface area contributed by atoms with Crippen LogP contribution in [0.3, 0.4) is 0 Å². The number of hydrogen-bond donors (Lipinski definition) is 0. The number of carbonyl (C=O) groups excluding carboxylic acids is 5. The average Bonchev–Trinajstić information content (AvgIpc) is 2.57. The lowest BCUT2D eigenvalue weighted by Crippen LogP contribution is -2.48. The molecule has 2 fully saturated rings. The molecular formula is C24H27O6-. The zero-order valence-electron chi connectivity index (χ0n) is 17.8. The number of Topliss-reactive ketones (excluding diaryl/α,β-unsaturated/α-hetero) is 4. The van der Waals surface area contributed by atoms with Gasteiger partial charge in [0.25, 0.3) is 0 Å². The van der Waals surface area contributed by atoms with E-state index in [0.29, 0.717) is 5.56 Å². The summed E-state index contributed by atoms with van der Waals surface area (Å²) in [5.74, 6) is -5.49. The zero-order valence-corrected chi connectivity index (χ0v) is 17.8. The highest BCUT2D eigenvalue weighted by atomic mass is 16.4. The van der Waals surface area contributed by atoms with E-state index in [1.807, 2.05) is 27.7 Å². The fourth-order valence-corrected chi connectivity index (χ4v) is 5.03. The van der Waals surface area contributed by atoms with Gasteiger partial charge >= 0.3 is 0 Å². The molecule has 30 heavy (non-hydrogen) atoms. The van der Waals surface area contributed by atoms with Crippen LogP contribution in [0.15, 0.2) is 24.3 Å². The van der Waals surface area contributed by atoms with Gasteiger partial charge < -0.3 is 9.90 Å². The number of hydrogen-bond acceptors (Lipinski definition) is 6. The van der Waals surface area contributed by atoms with E-state index in [1.165, 1.54) is 24.3 Å². The van der Waals surface area contributed by atoms with E-state index in [4.69, 9.17) is 0 Å². The highest BCUT2D eigenvalue weighted by molar-refractivity contribution is 6.11. The third kappa shape index (κ3) is 4.27. The van der Waals surface area contributed by atoms with Crippen LogP contribution >= 0.6 is 0 Å². The Hall–Kier alpha value is -2.63. The van der Waals surface area contributed by atoms with Crippen LogP contribution in [0.25, 0.3) is 0 Å². The molecule has 0 spiro atoms. The van der Waals surface area contributed by atoms with Gasteiger partial charge in [-0.2, -0.15) is 0 Å². The quantitative estimate of drug-likeness (QED) is 0.703. The summed E-state index contributed by atoms with van der Waals surface area (Å²) in [6.07, 6.45) is 0.768. The summed E-state index contributed by atoms with van der Waals surface area (Å²) in [6.45, 7) is 7.40. The van der Waals surface area contributed by atoms with Crippen molar-refractivity contribution < 1.29 is 29.1 Å². The van der Waals surface area contributed by atoms with Crippen LogP contribution in [-0.4, -0.2) is 29.1 Å². The molecule has 6 heteroatoms. The van der Waals surface area contributed by atoms with Gasteiger partial charge in [-0.1, -0.05) is 52.0 Å². The van der Waals surface area contributed by atoms with E-state index in [-0.39, 0.29) is 54.4 Å². The summed E-state index contributed by atoms with van der Waals surface area (Å²) in [4.78, 5) is 63.3. The van der Waals surface area contributed by atoms with Crippen molar-refractivity contribution in [2.24, 2.45) is 22.7 Å². The molecule has 0 heterocycles. The Balaban J connectivity index is 2.09. The molecule has 0 aromatic heterocycles. The fraction of sp³-hybridized carbons (Fsp3) is 0.542. The number of ketones is 4. The molecule has 2 saturated carbocycles. The molecule has 0 N–H and O–H groups in total. The third-order valence-corrected chi connectivity index (χ3v) is 6.25. The van der Waals surface area contributed by atoms with Gasteiger partial charge in [0.15, 0.2) is 0 Å². The van der Waals surface area contributed by atoms with E-state index in [1.54, 1.807) is 0 Å². The fourth-order valence-electron chi connectivity index (χ4n) is 5.03. The largest absolute Gasteiger partial charge is 0.545 e. The third-order valence-electron chi connectivity index (χ3n) is 6.25. The van der Waals surface area contributed by atoms with Crippen LogP contribution in [0, 0.1) is 22.7 Å². The molecule has 6 nitrogen and oxygen atoms in total. The molecule has 0 unspecified atom stereocenters. The first-order valence-electron chi connectivity index (χ1n) is 10.2. The predicted molar refractivity (Wildman–Crippen MR) is 107 cm³/mol. The molecule has 0 radical (unpaired) electrons. The number of carboxylic acid groups (broad SMARTS) is 1. The molecule has 2 aliphatic rings. The monoisotopic (exact) mass is 411 g/mol. The Labute approximate surface area is 176 Å². The Morgan fingerprint density at radius 2 is 1.10 bits per heavy atom. The van der Waals surface area contributed by atoms with Gasteiger partial charge in [-0.3, -0.25) is 19.2 Å². The minimum Gasteiger partial charge on any atom is -0.545 e. The maximum absolute atomic E-state index is 13.0. The minimum absolute atomic E-state index is 0.0534. The first-order chi connectivity index (χ1) is 13.8. The SMILES string of the molecule is CC1(C)CC(=O)C(C(c2ccc(C(=O)[O-])cc2)C2C(=O)CC(C)(C)CC2=O)C(=O)C1. The number of carboxylic acids is 1. The summed E-state index contributed by atoms with van der Waals surface area (Å²) in [5.41, 5.74) is -0.520. The van der Waals surface area contributed by atoms with Gasteiger partial charge in [0.2, 0.25) is 0 Å². The van der Waals surface area contributed by atoms with Gasteiger partial charge in [-0.05, 0) is 22.0 Å². The lowest BCUT2D eigenvalue weighted by molar-refractivity contribution is -0.255. The van der Waals surface area contributed by atoms with Gasteiger partial charge in [0.05, 0.1) is 17.8 Å². The molecule has 2 aliphatic carbocycles. The lowest BCUT2D eigenvalue weighted by Gasteiger charge is -2.41. The van der Waals surface area contributed by atoms with Crippen molar-refractivity contribution in [3.05, 3.63) is 35.4 Å². The first kappa shape index (κ1) is 22.1. The van der Waals surface area contributed by atoms with E-state index in [0.717, 1.165) is 0 Å². The van der Waals surface area contributed by atoms with Gasteiger partial charge in [0.1, 0.15) is 23.1 Å². The molecule has 0 amide bonds. The number of benzene rings is 1. The second kappa shape index (κ2) is 7.56. The predicted octanol–water partition coefficient (Wildman–Crippen LogP) is 2.28. The molecule has 160 valence electrons. The first-order valence-corrected chi connectivity index (χ1v) is 10.2. The number of rotatable bonds is 4. The minimum atomic E-state index is -1.35. The lowest BCUT2D eigenvalue weighted by atomic mass is 9.59. The normalized spacial score (nSPS) is 22.6. The molecule has 0 saturated heterocycles. The highest BCUT2D eigenvalue weighted by Gasteiger charge is 2.52. The summed E-state index contributed by atoms with van der Waals surface area (Å²) in [5, 5.41) is 11.1. The smallest absolute Gasteiger partial charge is 0.144 e. The summed E-state index contributed by atoms with van der Waals surface area (Å²) < 4.78 is 0. The Morgan fingerprint density at radius 3 is 1.40 bits per heavy atom. The Kier molecular flexibility index (Phi) is 5.56. The van der Waals surface area contributed by atoms with Crippen molar-refractivity contribution in [3.63, 3.8) is 0 Å². The Morgan fingerprint density at radius 1 is 0.767 bits per heavy atom. The van der Waals surface area contributed by atoms with E-state index in [9.17, 15) is 29.1 Å². The van der Waals surface area contributed by atoms with Crippen molar-refractivity contribution in [1.29, 1.82) is 0 Å². The van der Waals surface area contributed by atoms with E-state index in [2.05, 4.69) is 0 Å². The van der Waals surface area contributed by atoms with Crippen molar-refractivity contribution in [3.8, 4) is 0 Å². The number of aromatic carboxylic acids is 1. The van der Waals surface area contributed by atoms with Crippen molar-refractivity contribution >= 4 is 29.1 Å². The topological polar surface area (TPSA) is 108 Å². The van der Waals surface area contributed by atoms with Crippen LogP contribution in [0.1, 0.15) is 75.2 Å². The van der Waals surface area contributed by atoms with Crippen LogP contribution < -0.4 is 5.11 Å². The van der Waals surface area contributed by atoms with E-state index < -0.39 is 34.6 Å². The maximum atomic E-state index is 13.0.